The number of aromatic nitrogens is 1. The molecule has 1 saturated heterocycles. The van der Waals surface area contributed by atoms with Crippen molar-refractivity contribution in [3.05, 3.63) is 45.3 Å². The van der Waals surface area contributed by atoms with Crippen LogP contribution in [0.25, 0.3) is 11.3 Å². The van der Waals surface area contributed by atoms with Gasteiger partial charge in [0.05, 0.1) is 35.4 Å². The maximum Gasteiger partial charge on any atom is 1.00 e. The second kappa shape index (κ2) is 8.70. The predicted octanol–water partition coefficient (Wildman–Crippen LogP) is -0.621. The SMILES string of the molecule is CC(O)C1C(=O)N2C(C(=O)[O-])=C(Sc3nc(-c4ccc(Cl)cc4)cs3)C(C)C12.[Na+]. The molecule has 0 aliphatic carbocycles. The van der Waals surface area contributed by atoms with Crippen LogP contribution in [0.2, 0.25) is 5.02 Å². The fourth-order valence-electron chi connectivity index (χ4n) is 3.80. The van der Waals surface area contributed by atoms with Crippen LogP contribution < -0.4 is 34.7 Å². The maximum absolute atomic E-state index is 12.4. The summed E-state index contributed by atoms with van der Waals surface area (Å²) in [4.78, 5) is 30.5. The molecule has 6 nitrogen and oxygen atoms in total. The van der Waals surface area contributed by atoms with Gasteiger partial charge in [0, 0.05) is 26.8 Å². The van der Waals surface area contributed by atoms with Gasteiger partial charge in [-0.2, -0.15) is 0 Å². The van der Waals surface area contributed by atoms with Gasteiger partial charge in [-0.05, 0) is 19.1 Å². The Kier molecular flexibility index (Phi) is 6.85. The summed E-state index contributed by atoms with van der Waals surface area (Å²) < 4.78 is 0.675. The van der Waals surface area contributed by atoms with E-state index in [1.165, 1.54) is 28.0 Å². The first-order chi connectivity index (χ1) is 13.3. The summed E-state index contributed by atoms with van der Waals surface area (Å²) in [6.45, 7) is 3.42. The fourth-order valence-corrected chi connectivity index (χ4v) is 6.02. The number of thiazole rings is 1. The molecule has 0 radical (unpaired) electrons. The van der Waals surface area contributed by atoms with E-state index < -0.39 is 18.0 Å². The molecular formula is C19H16ClN2NaO4S2. The summed E-state index contributed by atoms with van der Waals surface area (Å²) in [5, 5.41) is 24.2. The number of fused-ring (bicyclic) bond motifs is 1. The Bertz CT molecular complexity index is 992. The molecule has 3 heterocycles. The van der Waals surface area contributed by atoms with E-state index in [0.717, 1.165) is 11.3 Å². The van der Waals surface area contributed by atoms with Crippen LogP contribution in [-0.2, 0) is 9.59 Å². The summed E-state index contributed by atoms with van der Waals surface area (Å²) in [5.74, 6) is -2.58. The Labute approximate surface area is 203 Å². The summed E-state index contributed by atoms with van der Waals surface area (Å²) in [7, 11) is 0. The van der Waals surface area contributed by atoms with Crippen molar-refractivity contribution in [3.63, 3.8) is 0 Å². The van der Waals surface area contributed by atoms with E-state index in [0.29, 0.717) is 14.3 Å². The number of hydrogen-bond acceptors (Lipinski definition) is 7. The van der Waals surface area contributed by atoms with E-state index in [1.54, 1.807) is 19.1 Å². The summed E-state index contributed by atoms with van der Waals surface area (Å²) in [6.07, 6.45) is -0.833. The topological polar surface area (TPSA) is 93.6 Å². The number of benzene rings is 1. The predicted molar refractivity (Wildman–Crippen MR) is 105 cm³/mol. The molecule has 0 saturated carbocycles. The molecule has 1 amide bonds. The van der Waals surface area contributed by atoms with Crippen molar-refractivity contribution in [2.24, 2.45) is 11.8 Å². The molecule has 1 aromatic heterocycles. The molecule has 1 aromatic carbocycles. The molecule has 4 rings (SSSR count). The van der Waals surface area contributed by atoms with Crippen molar-refractivity contribution in [1.29, 1.82) is 0 Å². The number of rotatable bonds is 5. The van der Waals surface area contributed by atoms with Crippen LogP contribution in [0.4, 0.5) is 0 Å². The number of amides is 1. The molecule has 4 unspecified atom stereocenters. The van der Waals surface area contributed by atoms with E-state index in [2.05, 4.69) is 4.98 Å². The second-order valence-electron chi connectivity index (χ2n) is 6.86. The zero-order chi connectivity index (χ0) is 20.2. The standard InChI is InChI=1S/C19H17ClN2O4S2.Na/c1-8-14-13(9(2)23)17(24)22(14)15(18(25)26)16(8)28-19-21-12(7-27-19)10-3-5-11(20)6-4-10;/h3-9,13-14,23H,1-2H3,(H,25,26);/q;+1/p-1. The Morgan fingerprint density at radius 1 is 1.38 bits per heavy atom. The van der Waals surface area contributed by atoms with Crippen molar-refractivity contribution < 1.29 is 49.4 Å². The number of β-lactam (4-membered cyclic amide) rings is 1. The molecule has 1 fully saturated rings. The molecule has 0 bridgehead atoms. The number of carboxylic acids is 1. The van der Waals surface area contributed by atoms with Crippen LogP contribution in [0.5, 0.6) is 0 Å². The minimum Gasteiger partial charge on any atom is -0.543 e. The Morgan fingerprint density at radius 3 is 2.62 bits per heavy atom. The largest absolute Gasteiger partial charge is 1.00 e. The Balaban J connectivity index is 0.00000240. The van der Waals surface area contributed by atoms with Gasteiger partial charge < -0.3 is 19.9 Å². The number of carbonyl (C=O) groups excluding carboxylic acids is 2. The number of aliphatic carboxylic acids is 1. The van der Waals surface area contributed by atoms with E-state index in [1.807, 2.05) is 24.4 Å². The molecule has 0 spiro atoms. The Hall–Kier alpha value is -0.870. The number of hydrogen-bond donors (Lipinski definition) is 1. The molecule has 10 heteroatoms. The Morgan fingerprint density at radius 2 is 2.03 bits per heavy atom. The first-order valence-electron chi connectivity index (χ1n) is 8.65. The smallest absolute Gasteiger partial charge is 0.543 e. The number of carbonyl (C=O) groups is 2. The van der Waals surface area contributed by atoms with Crippen molar-refractivity contribution in [1.82, 2.24) is 9.88 Å². The van der Waals surface area contributed by atoms with Gasteiger partial charge in [-0.15, -0.1) is 11.3 Å². The fraction of sp³-hybridized carbons (Fsp3) is 0.316. The zero-order valence-corrected chi connectivity index (χ0v) is 20.3. The molecule has 1 N–H and O–H groups in total. The van der Waals surface area contributed by atoms with Crippen LogP contribution in [0, 0.1) is 11.8 Å². The molecule has 2 aliphatic heterocycles. The second-order valence-corrected chi connectivity index (χ2v) is 9.45. The van der Waals surface area contributed by atoms with Gasteiger partial charge in [0.25, 0.3) is 0 Å². The number of halogens is 1. The average Bonchev–Trinajstić information content (AvgIpc) is 3.18. The van der Waals surface area contributed by atoms with Crippen LogP contribution in [0.15, 0.2) is 44.6 Å². The maximum atomic E-state index is 12.4. The van der Waals surface area contributed by atoms with Crippen molar-refractivity contribution >= 4 is 46.6 Å². The van der Waals surface area contributed by atoms with E-state index in [9.17, 15) is 19.8 Å². The van der Waals surface area contributed by atoms with Gasteiger partial charge in [0.15, 0.2) is 4.34 Å². The van der Waals surface area contributed by atoms with Gasteiger partial charge in [0.2, 0.25) is 5.91 Å². The van der Waals surface area contributed by atoms with Gasteiger partial charge in [-0.1, -0.05) is 42.4 Å². The van der Waals surface area contributed by atoms with Gasteiger partial charge in [-0.25, -0.2) is 4.98 Å². The van der Waals surface area contributed by atoms with Crippen LogP contribution in [0.1, 0.15) is 13.8 Å². The zero-order valence-electron chi connectivity index (χ0n) is 16.0. The summed E-state index contributed by atoms with van der Waals surface area (Å²) in [5.41, 5.74) is 1.58. The third-order valence-electron chi connectivity index (χ3n) is 5.12. The number of aliphatic hydroxyl groups excluding tert-OH is 1. The van der Waals surface area contributed by atoms with E-state index >= 15 is 0 Å². The van der Waals surface area contributed by atoms with Crippen LogP contribution in [-0.4, -0.2) is 39.0 Å². The third-order valence-corrected chi connectivity index (χ3v) is 7.60. The normalized spacial score (nSPS) is 24.1. The minimum absolute atomic E-state index is 0. The van der Waals surface area contributed by atoms with Gasteiger partial charge >= 0.3 is 29.6 Å². The first kappa shape index (κ1) is 22.8. The third kappa shape index (κ3) is 3.92. The number of thioether (sulfide) groups is 1. The monoisotopic (exact) mass is 458 g/mol. The van der Waals surface area contributed by atoms with E-state index in [4.69, 9.17) is 11.6 Å². The first-order valence-corrected chi connectivity index (χ1v) is 10.7. The minimum atomic E-state index is -1.39. The summed E-state index contributed by atoms with van der Waals surface area (Å²) >= 11 is 8.56. The van der Waals surface area contributed by atoms with Gasteiger partial charge in [-0.3, -0.25) is 4.79 Å². The van der Waals surface area contributed by atoms with Crippen molar-refractivity contribution in [2.45, 2.75) is 30.3 Å². The molecular weight excluding hydrogens is 443 g/mol. The van der Waals surface area contributed by atoms with E-state index in [-0.39, 0.29) is 53.1 Å². The number of nitrogens with zero attached hydrogens (tertiary/aromatic N) is 2. The molecule has 29 heavy (non-hydrogen) atoms. The van der Waals surface area contributed by atoms with Gasteiger partial charge in [0.1, 0.15) is 0 Å². The number of aliphatic hydroxyl groups is 1. The van der Waals surface area contributed by atoms with Crippen molar-refractivity contribution in [3.8, 4) is 11.3 Å². The molecule has 2 aliphatic rings. The molecule has 146 valence electrons. The quantitative estimate of drug-likeness (QED) is 0.474. The van der Waals surface area contributed by atoms with Crippen LogP contribution >= 0.6 is 34.7 Å². The van der Waals surface area contributed by atoms with Crippen molar-refractivity contribution in [2.75, 3.05) is 0 Å². The molecule has 4 atom stereocenters. The molecule has 2 aromatic rings. The average molecular weight is 459 g/mol. The number of carboxylic acid groups (broad SMARTS) is 1. The summed E-state index contributed by atoms with van der Waals surface area (Å²) in [6, 6.07) is 6.94. The van der Waals surface area contributed by atoms with Crippen LogP contribution in [0.3, 0.4) is 0 Å².